The second-order valence-electron chi connectivity index (χ2n) is 7.17. The molecule has 1 N–H and O–H groups in total. The van der Waals surface area contributed by atoms with Gasteiger partial charge >= 0.3 is 0 Å². The highest BCUT2D eigenvalue weighted by atomic mass is 16.5. The molecule has 6 nitrogen and oxygen atoms in total. The van der Waals surface area contributed by atoms with Gasteiger partial charge in [0.25, 0.3) is 0 Å². The van der Waals surface area contributed by atoms with E-state index in [0.717, 1.165) is 63.9 Å². The molecule has 0 aromatic heterocycles. The van der Waals surface area contributed by atoms with Crippen molar-refractivity contribution in [2.24, 2.45) is 0 Å². The average Bonchev–Trinajstić information content (AvgIpc) is 2.79. The zero-order chi connectivity index (χ0) is 19.2. The predicted molar refractivity (Wildman–Crippen MR) is 113 cm³/mol. The Labute approximate surface area is 166 Å². The normalized spacial score (nSPS) is 17.5. The van der Waals surface area contributed by atoms with E-state index >= 15 is 0 Å². The lowest BCUT2D eigenvalue weighted by atomic mass is 10.2. The highest BCUT2D eigenvalue weighted by molar-refractivity contribution is 5.83. The monoisotopic (exact) mass is 380 g/mol. The number of hydrogen-bond donors (Lipinski definition) is 1. The summed E-state index contributed by atoms with van der Waals surface area (Å²) in [6, 6.07) is 18.6. The predicted octanol–water partition coefficient (Wildman–Crippen LogP) is 2.28. The molecule has 0 radical (unpaired) electrons. The quantitative estimate of drug-likeness (QED) is 0.862. The van der Waals surface area contributed by atoms with Gasteiger partial charge in [-0.25, -0.2) is 0 Å². The number of hydrogen-bond acceptors (Lipinski definition) is 5. The van der Waals surface area contributed by atoms with Crippen molar-refractivity contribution in [3.63, 3.8) is 0 Å². The van der Waals surface area contributed by atoms with Crippen molar-refractivity contribution in [2.75, 3.05) is 74.1 Å². The Morgan fingerprint density at radius 1 is 0.821 bits per heavy atom. The molecule has 2 aromatic carbocycles. The minimum absolute atomic E-state index is 0.157. The zero-order valence-electron chi connectivity index (χ0n) is 16.2. The molecule has 2 aromatic rings. The number of carbonyl (C=O) groups excluding carboxylic acids is 1. The lowest BCUT2D eigenvalue weighted by Crippen LogP contribution is -2.50. The van der Waals surface area contributed by atoms with Crippen molar-refractivity contribution >= 4 is 23.0 Å². The van der Waals surface area contributed by atoms with Crippen LogP contribution < -0.4 is 15.1 Å². The van der Waals surface area contributed by atoms with Gasteiger partial charge in [-0.15, -0.1) is 0 Å². The van der Waals surface area contributed by atoms with Gasteiger partial charge in [0.1, 0.15) is 0 Å². The van der Waals surface area contributed by atoms with Crippen LogP contribution in [0.2, 0.25) is 0 Å². The molecule has 0 unspecified atom stereocenters. The Kier molecular flexibility index (Phi) is 5.97. The largest absolute Gasteiger partial charge is 0.378 e. The summed E-state index contributed by atoms with van der Waals surface area (Å²) in [5.41, 5.74) is 3.39. The second kappa shape index (κ2) is 8.97. The molecule has 2 saturated heterocycles. The van der Waals surface area contributed by atoms with E-state index in [4.69, 9.17) is 4.74 Å². The topological polar surface area (TPSA) is 48.1 Å². The first-order chi connectivity index (χ1) is 13.8. The molecule has 2 aliphatic heterocycles. The van der Waals surface area contributed by atoms with Crippen molar-refractivity contribution in [1.82, 2.24) is 4.90 Å². The van der Waals surface area contributed by atoms with Crippen LogP contribution in [-0.2, 0) is 9.53 Å². The minimum Gasteiger partial charge on any atom is -0.378 e. The molecule has 2 aliphatic rings. The fourth-order valence-corrected chi connectivity index (χ4v) is 3.84. The standard InChI is InChI=1S/C22H28N4O2/c27-22(26-12-10-24(11-13-26)19-6-2-1-3-7-19)18-23-20-8-4-5-9-21(20)25-14-16-28-17-15-25/h1-9,23H,10-18H2. The van der Waals surface area contributed by atoms with Crippen molar-refractivity contribution in [3.05, 3.63) is 54.6 Å². The zero-order valence-corrected chi connectivity index (χ0v) is 16.2. The van der Waals surface area contributed by atoms with E-state index in [0.29, 0.717) is 6.54 Å². The van der Waals surface area contributed by atoms with E-state index in [9.17, 15) is 4.79 Å². The SMILES string of the molecule is O=C(CNc1ccccc1N1CCOCC1)N1CCN(c2ccccc2)CC1. The summed E-state index contributed by atoms with van der Waals surface area (Å²) in [5.74, 6) is 0.157. The van der Waals surface area contributed by atoms with Gasteiger partial charge in [0.15, 0.2) is 0 Å². The average molecular weight is 380 g/mol. The first-order valence-electron chi connectivity index (χ1n) is 10.0. The number of piperazine rings is 1. The van der Waals surface area contributed by atoms with Crippen LogP contribution in [0.25, 0.3) is 0 Å². The lowest BCUT2D eigenvalue weighted by molar-refractivity contribution is -0.129. The summed E-state index contributed by atoms with van der Waals surface area (Å²) in [7, 11) is 0. The number of anilines is 3. The number of rotatable bonds is 5. The number of nitrogens with zero attached hydrogens (tertiary/aromatic N) is 3. The Morgan fingerprint density at radius 3 is 2.25 bits per heavy atom. The highest BCUT2D eigenvalue weighted by Crippen LogP contribution is 2.26. The van der Waals surface area contributed by atoms with Gasteiger partial charge in [0.05, 0.1) is 31.1 Å². The van der Waals surface area contributed by atoms with Crippen molar-refractivity contribution in [2.45, 2.75) is 0 Å². The van der Waals surface area contributed by atoms with Crippen LogP contribution in [0.1, 0.15) is 0 Å². The van der Waals surface area contributed by atoms with Crippen LogP contribution in [0.5, 0.6) is 0 Å². The van der Waals surface area contributed by atoms with E-state index < -0.39 is 0 Å². The first kappa shape index (κ1) is 18.6. The summed E-state index contributed by atoms with van der Waals surface area (Å²) in [6.45, 7) is 6.87. The van der Waals surface area contributed by atoms with Gasteiger partial charge < -0.3 is 24.8 Å². The number of morpholine rings is 1. The highest BCUT2D eigenvalue weighted by Gasteiger charge is 2.21. The molecule has 6 heteroatoms. The van der Waals surface area contributed by atoms with Gasteiger partial charge in [-0.05, 0) is 24.3 Å². The molecule has 28 heavy (non-hydrogen) atoms. The Balaban J connectivity index is 1.31. The maximum atomic E-state index is 12.7. The molecule has 148 valence electrons. The van der Waals surface area contributed by atoms with Crippen molar-refractivity contribution < 1.29 is 9.53 Å². The second-order valence-corrected chi connectivity index (χ2v) is 7.17. The first-order valence-corrected chi connectivity index (χ1v) is 10.0. The van der Waals surface area contributed by atoms with E-state index in [-0.39, 0.29) is 5.91 Å². The lowest BCUT2D eigenvalue weighted by Gasteiger charge is -2.36. The maximum absolute atomic E-state index is 12.7. The van der Waals surface area contributed by atoms with Crippen LogP contribution in [0.4, 0.5) is 17.1 Å². The van der Waals surface area contributed by atoms with Gasteiger partial charge in [-0.1, -0.05) is 30.3 Å². The molecule has 0 saturated carbocycles. The van der Waals surface area contributed by atoms with Crippen molar-refractivity contribution in [1.29, 1.82) is 0 Å². The minimum atomic E-state index is 0.157. The van der Waals surface area contributed by atoms with Crippen LogP contribution >= 0.6 is 0 Å². The fourth-order valence-electron chi connectivity index (χ4n) is 3.84. The Hall–Kier alpha value is -2.73. The number of para-hydroxylation sites is 3. The molecule has 0 bridgehead atoms. The molecule has 2 heterocycles. The maximum Gasteiger partial charge on any atom is 0.241 e. The molecule has 0 spiro atoms. The van der Waals surface area contributed by atoms with Gasteiger partial charge in [-0.2, -0.15) is 0 Å². The van der Waals surface area contributed by atoms with Crippen LogP contribution in [0, 0.1) is 0 Å². The van der Waals surface area contributed by atoms with Gasteiger partial charge in [-0.3, -0.25) is 4.79 Å². The number of ether oxygens (including phenoxy) is 1. The molecule has 0 aliphatic carbocycles. The third-order valence-corrected chi connectivity index (χ3v) is 5.44. The van der Waals surface area contributed by atoms with Crippen LogP contribution in [0.15, 0.2) is 54.6 Å². The number of amides is 1. The molecular weight excluding hydrogens is 352 g/mol. The molecule has 0 atom stereocenters. The smallest absolute Gasteiger partial charge is 0.241 e. The van der Waals surface area contributed by atoms with E-state index in [2.05, 4.69) is 45.4 Å². The molecular formula is C22H28N4O2. The third-order valence-electron chi connectivity index (χ3n) is 5.44. The fraction of sp³-hybridized carbons (Fsp3) is 0.409. The number of nitrogens with one attached hydrogen (secondary N) is 1. The van der Waals surface area contributed by atoms with Crippen LogP contribution in [0.3, 0.4) is 0 Å². The number of carbonyl (C=O) groups is 1. The molecule has 1 amide bonds. The summed E-state index contributed by atoms with van der Waals surface area (Å²) in [5, 5.41) is 3.36. The van der Waals surface area contributed by atoms with E-state index in [1.54, 1.807) is 0 Å². The Morgan fingerprint density at radius 2 is 1.50 bits per heavy atom. The van der Waals surface area contributed by atoms with Crippen molar-refractivity contribution in [3.8, 4) is 0 Å². The van der Waals surface area contributed by atoms with Gasteiger partial charge in [0.2, 0.25) is 5.91 Å². The summed E-state index contributed by atoms with van der Waals surface area (Å²) in [4.78, 5) is 19.3. The summed E-state index contributed by atoms with van der Waals surface area (Å²) >= 11 is 0. The number of benzene rings is 2. The molecule has 2 fully saturated rings. The van der Waals surface area contributed by atoms with E-state index in [1.807, 2.05) is 29.2 Å². The van der Waals surface area contributed by atoms with Gasteiger partial charge in [0, 0.05) is 45.0 Å². The van der Waals surface area contributed by atoms with E-state index in [1.165, 1.54) is 5.69 Å². The molecule has 4 rings (SSSR count). The summed E-state index contributed by atoms with van der Waals surface area (Å²) in [6.07, 6.45) is 0. The summed E-state index contributed by atoms with van der Waals surface area (Å²) < 4.78 is 5.45. The van der Waals surface area contributed by atoms with Crippen LogP contribution in [-0.4, -0.2) is 69.8 Å². The third kappa shape index (κ3) is 4.39. The Bertz CT molecular complexity index is 769.